The van der Waals surface area contributed by atoms with Crippen molar-refractivity contribution in [2.75, 3.05) is 32.2 Å². The molecule has 1 N–H and O–H groups in total. The number of nitrogens with one attached hydrogen (secondary N) is 1. The Bertz CT molecular complexity index is 462. The largest absolute Gasteiger partial charge is 0.497 e. The van der Waals surface area contributed by atoms with Gasteiger partial charge in [-0.05, 0) is 24.5 Å². The molecule has 0 radical (unpaired) electrons. The van der Waals surface area contributed by atoms with E-state index in [0.29, 0.717) is 18.0 Å². The van der Waals surface area contributed by atoms with Crippen LogP contribution < -0.4 is 19.7 Å². The zero-order valence-electron chi connectivity index (χ0n) is 13.8. The second kappa shape index (κ2) is 7.03. The molecule has 1 aliphatic heterocycles. The summed E-state index contributed by atoms with van der Waals surface area (Å²) < 4.78 is 10.9. The number of anilines is 1. The number of rotatable bonds is 5. The first-order valence-electron chi connectivity index (χ1n) is 7.82. The number of hydrogen-bond donors (Lipinski definition) is 1. The lowest BCUT2D eigenvalue weighted by Crippen LogP contribution is -2.58. The Labute approximate surface area is 128 Å². The molecule has 0 bridgehead atoms. The second-order valence-electron chi connectivity index (χ2n) is 6.01. The van der Waals surface area contributed by atoms with Crippen LogP contribution >= 0.6 is 0 Å². The molecule has 0 saturated carbocycles. The summed E-state index contributed by atoms with van der Waals surface area (Å²) in [5, 5.41) is 3.67. The van der Waals surface area contributed by atoms with Crippen LogP contribution in [0.4, 0.5) is 5.69 Å². The minimum Gasteiger partial charge on any atom is -0.497 e. The van der Waals surface area contributed by atoms with Gasteiger partial charge in [0, 0.05) is 31.2 Å². The predicted octanol–water partition coefficient (Wildman–Crippen LogP) is 2.92. The summed E-state index contributed by atoms with van der Waals surface area (Å²) in [6.45, 7) is 8.82. The Morgan fingerprint density at radius 1 is 1.29 bits per heavy atom. The average molecular weight is 292 g/mol. The molecule has 0 spiro atoms. The Kier molecular flexibility index (Phi) is 5.34. The van der Waals surface area contributed by atoms with E-state index in [1.54, 1.807) is 14.2 Å². The molecule has 1 fully saturated rings. The number of ether oxygens (including phenoxy) is 2. The van der Waals surface area contributed by atoms with Crippen LogP contribution in [0, 0.1) is 5.92 Å². The summed E-state index contributed by atoms with van der Waals surface area (Å²) >= 11 is 0. The SMILES string of the molecule is CCC1CNC(C(C)C)CN1c1ccc(OC)cc1OC. The molecule has 4 heteroatoms. The fourth-order valence-corrected chi connectivity index (χ4v) is 2.95. The quantitative estimate of drug-likeness (QED) is 0.905. The van der Waals surface area contributed by atoms with E-state index in [4.69, 9.17) is 9.47 Å². The highest BCUT2D eigenvalue weighted by atomic mass is 16.5. The maximum atomic E-state index is 5.59. The summed E-state index contributed by atoms with van der Waals surface area (Å²) in [6, 6.07) is 7.11. The lowest BCUT2D eigenvalue weighted by molar-refractivity contribution is 0.321. The van der Waals surface area contributed by atoms with Crippen molar-refractivity contribution in [1.82, 2.24) is 5.32 Å². The highest BCUT2D eigenvalue weighted by Crippen LogP contribution is 2.35. The van der Waals surface area contributed by atoms with E-state index in [0.717, 1.165) is 36.7 Å². The summed E-state index contributed by atoms with van der Waals surface area (Å²) in [5.74, 6) is 2.34. The van der Waals surface area contributed by atoms with Gasteiger partial charge >= 0.3 is 0 Å². The van der Waals surface area contributed by atoms with Crippen molar-refractivity contribution >= 4 is 5.69 Å². The lowest BCUT2D eigenvalue weighted by atomic mass is 9.97. The first-order valence-corrected chi connectivity index (χ1v) is 7.82. The first-order chi connectivity index (χ1) is 10.1. The van der Waals surface area contributed by atoms with E-state index < -0.39 is 0 Å². The molecule has 1 saturated heterocycles. The third kappa shape index (κ3) is 3.43. The molecule has 2 atom stereocenters. The maximum absolute atomic E-state index is 5.59. The van der Waals surface area contributed by atoms with Gasteiger partial charge in [-0.2, -0.15) is 0 Å². The molecule has 1 aromatic carbocycles. The molecule has 1 aliphatic rings. The number of nitrogens with zero attached hydrogens (tertiary/aromatic N) is 1. The fourth-order valence-electron chi connectivity index (χ4n) is 2.95. The van der Waals surface area contributed by atoms with E-state index in [2.05, 4.69) is 37.1 Å². The van der Waals surface area contributed by atoms with Crippen molar-refractivity contribution in [2.45, 2.75) is 39.3 Å². The van der Waals surface area contributed by atoms with Crippen LogP contribution in [0.5, 0.6) is 11.5 Å². The Morgan fingerprint density at radius 3 is 2.62 bits per heavy atom. The number of methoxy groups -OCH3 is 2. The van der Waals surface area contributed by atoms with Crippen LogP contribution in [0.25, 0.3) is 0 Å². The van der Waals surface area contributed by atoms with Gasteiger partial charge in [0.05, 0.1) is 19.9 Å². The van der Waals surface area contributed by atoms with Gasteiger partial charge in [-0.15, -0.1) is 0 Å². The van der Waals surface area contributed by atoms with Crippen molar-refractivity contribution in [1.29, 1.82) is 0 Å². The molecule has 1 aromatic rings. The predicted molar refractivity (Wildman–Crippen MR) is 87.6 cm³/mol. The van der Waals surface area contributed by atoms with Crippen molar-refractivity contribution in [2.24, 2.45) is 5.92 Å². The van der Waals surface area contributed by atoms with Crippen LogP contribution in [0.2, 0.25) is 0 Å². The third-order valence-corrected chi connectivity index (χ3v) is 4.42. The molecular weight excluding hydrogens is 264 g/mol. The molecule has 2 unspecified atom stereocenters. The van der Waals surface area contributed by atoms with Crippen LogP contribution in [-0.4, -0.2) is 39.4 Å². The molecule has 4 nitrogen and oxygen atoms in total. The van der Waals surface area contributed by atoms with Crippen molar-refractivity contribution in [3.05, 3.63) is 18.2 Å². The molecule has 0 aliphatic carbocycles. The summed E-state index contributed by atoms with van der Waals surface area (Å²) in [7, 11) is 3.41. The van der Waals surface area contributed by atoms with E-state index >= 15 is 0 Å². The standard InChI is InChI=1S/C17H28N2O2/c1-6-13-10-18-15(12(2)3)11-19(13)16-8-7-14(20-4)9-17(16)21-5/h7-9,12-13,15,18H,6,10-11H2,1-5H3. The number of benzene rings is 1. The smallest absolute Gasteiger partial charge is 0.145 e. The molecule has 0 amide bonds. The molecule has 2 rings (SSSR count). The fraction of sp³-hybridized carbons (Fsp3) is 0.647. The average Bonchev–Trinajstić information content (AvgIpc) is 2.53. The van der Waals surface area contributed by atoms with Gasteiger partial charge in [-0.1, -0.05) is 20.8 Å². The Balaban J connectivity index is 2.31. The Morgan fingerprint density at radius 2 is 2.05 bits per heavy atom. The van der Waals surface area contributed by atoms with Gasteiger partial charge in [0.2, 0.25) is 0 Å². The van der Waals surface area contributed by atoms with Gasteiger partial charge in [-0.3, -0.25) is 0 Å². The summed E-state index contributed by atoms with van der Waals surface area (Å²) in [4.78, 5) is 2.49. The van der Waals surface area contributed by atoms with Gasteiger partial charge in [-0.25, -0.2) is 0 Å². The zero-order valence-corrected chi connectivity index (χ0v) is 13.8. The van der Waals surface area contributed by atoms with E-state index in [1.807, 2.05) is 12.1 Å². The number of hydrogen-bond acceptors (Lipinski definition) is 4. The van der Waals surface area contributed by atoms with Gasteiger partial charge < -0.3 is 19.7 Å². The summed E-state index contributed by atoms with van der Waals surface area (Å²) in [5.41, 5.74) is 1.16. The van der Waals surface area contributed by atoms with Crippen molar-refractivity contribution in [3.8, 4) is 11.5 Å². The highest BCUT2D eigenvalue weighted by molar-refractivity contribution is 5.62. The second-order valence-corrected chi connectivity index (χ2v) is 6.01. The highest BCUT2D eigenvalue weighted by Gasteiger charge is 2.30. The van der Waals surface area contributed by atoms with Crippen LogP contribution in [0.15, 0.2) is 18.2 Å². The molecule has 21 heavy (non-hydrogen) atoms. The van der Waals surface area contributed by atoms with Crippen LogP contribution in [-0.2, 0) is 0 Å². The van der Waals surface area contributed by atoms with Crippen molar-refractivity contribution in [3.63, 3.8) is 0 Å². The van der Waals surface area contributed by atoms with E-state index in [-0.39, 0.29) is 0 Å². The van der Waals surface area contributed by atoms with E-state index in [9.17, 15) is 0 Å². The van der Waals surface area contributed by atoms with Gasteiger partial charge in [0.25, 0.3) is 0 Å². The lowest BCUT2D eigenvalue weighted by Gasteiger charge is -2.43. The molecule has 1 heterocycles. The Hall–Kier alpha value is -1.42. The van der Waals surface area contributed by atoms with Crippen molar-refractivity contribution < 1.29 is 9.47 Å². The maximum Gasteiger partial charge on any atom is 0.145 e. The first kappa shape index (κ1) is 16.0. The monoisotopic (exact) mass is 292 g/mol. The van der Waals surface area contributed by atoms with E-state index in [1.165, 1.54) is 0 Å². The van der Waals surface area contributed by atoms with Gasteiger partial charge in [0.15, 0.2) is 0 Å². The number of piperazine rings is 1. The molecule has 118 valence electrons. The van der Waals surface area contributed by atoms with Crippen LogP contribution in [0.1, 0.15) is 27.2 Å². The molecular formula is C17H28N2O2. The van der Waals surface area contributed by atoms with Crippen LogP contribution in [0.3, 0.4) is 0 Å². The normalized spacial score (nSPS) is 22.5. The zero-order chi connectivity index (χ0) is 15.4. The van der Waals surface area contributed by atoms with Gasteiger partial charge in [0.1, 0.15) is 11.5 Å². The molecule has 0 aromatic heterocycles. The minimum atomic E-state index is 0.502. The third-order valence-electron chi connectivity index (χ3n) is 4.42. The minimum absolute atomic E-state index is 0.502. The topological polar surface area (TPSA) is 33.7 Å². The summed E-state index contributed by atoms with van der Waals surface area (Å²) in [6.07, 6.45) is 1.12.